The molecule has 2 aromatic carbocycles. The van der Waals surface area contributed by atoms with Gasteiger partial charge in [0.05, 0.1) is 11.0 Å². The summed E-state index contributed by atoms with van der Waals surface area (Å²) >= 11 is 0. The number of ether oxygens (including phenoxy) is 1. The van der Waals surface area contributed by atoms with Crippen molar-refractivity contribution in [1.29, 1.82) is 0 Å². The number of rotatable bonds is 6. The minimum atomic E-state index is -0.609. The van der Waals surface area contributed by atoms with Gasteiger partial charge in [0.1, 0.15) is 5.75 Å². The second-order valence-corrected chi connectivity index (χ2v) is 5.64. The Bertz CT molecular complexity index is 827. The molecule has 0 aliphatic carbocycles. The van der Waals surface area contributed by atoms with Gasteiger partial charge in [-0.3, -0.25) is 10.1 Å². The van der Waals surface area contributed by atoms with Crippen molar-refractivity contribution in [2.75, 3.05) is 5.32 Å². The van der Waals surface area contributed by atoms with Gasteiger partial charge in [0, 0.05) is 6.54 Å². The van der Waals surface area contributed by atoms with Crippen LogP contribution in [0.2, 0.25) is 0 Å². The molecule has 0 saturated carbocycles. The summed E-state index contributed by atoms with van der Waals surface area (Å²) in [6, 6.07) is 17.2. The number of imidazole rings is 1. The zero-order valence-corrected chi connectivity index (χ0v) is 13.9. The SMILES string of the molecule is CCCn1c(NC(=O)C(C)Oc2ccccc2)nc2ccccc21. The van der Waals surface area contributed by atoms with Crippen molar-refractivity contribution in [3.63, 3.8) is 0 Å². The van der Waals surface area contributed by atoms with E-state index in [-0.39, 0.29) is 5.91 Å². The van der Waals surface area contributed by atoms with E-state index in [0.29, 0.717) is 11.7 Å². The highest BCUT2D eigenvalue weighted by atomic mass is 16.5. The van der Waals surface area contributed by atoms with Gasteiger partial charge >= 0.3 is 0 Å². The van der Waals surface area contributed by atoms with Gasteiger partial charge in [0.15, 0.2) is 6.10 Å². The number of anilines is 1. The molecule has 1 unspecified atom stereocenters. The lowest BCUT2D eigenvalue weighted by molar-refractivity contribution is -0.122. The molecule has 3 rings (SSSR count). The quantitative estimate of drug-likeness (QED) is 0.749. The molecule has 24 heavy (non-hydrogen) atoms. The highest BCUT2D eigenvalue weighted by molar-refractivity contribution is 5.94. The number of hydrogen-bond acceptors (Lipinski definition) is 3. The lowest BCUT2D eigenvalue weighted by Gasteiger charge is -2.15. The molecule has 1 amide bonds. The number of amides is 1. The van der Waals surface area contributed by atoms with Crippen molar-refractivity contribution in [2.24, 2.45) is 0 Å². The van der Waals surface area contributed by atoms with E-state index in [4.69, 9.17) is 4.74 Å². The Morgan fingerprint density at radius 2 is 1.88 bits per heavy atom. The summed E-state index contributed by atoms with van der Waals surface area (Å²) in [5, 5.41) is 2.89. The van der Waals surface area contributed by atoms with Crippen LogP contribution in [0, 0.1) is 0 Å². The molecule has 1 aromatic heterocycles. The lowest BCUT2D eigenvalue weighted by atomic mass is 10.3. The van der Waals surface area contributed by atoms with Crippen LogP contribution in [0.4, 0.5) is 5.95 Å². The van der Waals surface area contributed by atoms with Crippen molar-refractivity contribution in [3.05, 3.63) is 54.6 Å². The maximum absolute atomic E-state index is 12.5. The van der Waals surface area contributed by atoms with Crippen molar-refractivity contribution < 1.29 is 9.53 Å². The zero-order valence-electron chi connectivity index (χ0n) is 13.9. The molecule has 124 valence electrons. The topological polar surface area (TPSA) is 56.2 Å². The fourth-order valence-corrected chi connectivity index (χ4v) is 2.59. The van der Waals surface area contributed by atoms with Crippen molar-refractivity contribution >= 4 is 22.9 Å². The number of aryl methyl sites for hydroxylation is 1. The van der Waals surface area contributed by atoms with E-state index >= 15 is 0 Å². The molecule has 1 atom stereocenters. The van der Waals surface area contributed by atoms with Crippen LogP contribution in [0.15, 0.2) is 54.6 Å². The molecule has 1 N–H and O–H groups in total. The van der Waals surface area contributed by atoms with Crippen LogP contribution in [0.5, 0.6) is 5.75 Å². The highest BCUT2D eigenvalue weighted by Gasteiger charge is 2.18. The molecular formula is C19H21N3O2. The van der Waals surface area contributed by atoms with Gasteiger partial charge in [-0.1, -0.05) is 37.3 Å². The van der Waals surface area contributed by atoms with Crippen LogP contribution >= 0.6 is 0 Å². The van der Waals surface area contributed by atoms with Gasteiger partial charge in [-0.15, -0.1) is 0 Å². The second kappa shape index (κ2) is 7.17. The van der Waals surface area contributed by atoms with Crippen molar-refractivity contribution in [2.45, 2.75) is 32.9 Å². The first-order chi connectivity index (χ1) is 11.7. The average Bonchev–Trinajstić information content (AvgIpc) is 2.94. The number of aromatic nitrogens is 2. The molecule has 0 fully saturated rings. The average molecular weight is 323 g/mol. The zero-order chi connectivity index (χ0) is 16.9. The summed E-state index contributed by atoms with van der Waals surface area (Å²) in [5.41, 5.74) is 1.89. The van der Waals surface area contributed by atoms with E-state index in [1.165, 1.54) is 0 Å². The predicted molar refractivity (Wildman–Crippen MR) is 95.2 cm³/mol. The van der Waals surface area contributed by atoms with Crippen molar-refractivity contribution in [1.82, 2.24) is 9.55 Å². The largest absolute Gasteiger partial charge is 0.481 e. The summed E-state index contributed by atoms with van der Waals surface area (Å²) in [6.45, 7) is 4.63. The van der Waals surface area contributed by atoms with Crippen LogP contribution in [-0.4, -0.2) is 21.6 Å². The number of benzene rings is 2. The van der Waals surface area contributed by atoms with Crippen molar-refractivity contribution in [3.8, 4) is 5.75 Å². The predicted octanol–water partition coefficient (Wildman–Crippen LogP) is 3.85. The normalized spacial score (nSPS) is 12.1. The van der Waals surface area contributed by atoms with E-state index in [0.717, 1.165) is 24.0 Å². The van der Waals surface area contributed by atoms with Crippen LogP contribution in [0.1, 0.15) is 20.3 Å². The summed E-state index contributed by atoms with van der Waals surface area (Å²) in [6.07, 6.45) is 0.349. The van der Waals surface area contributed by atoms with Gasteiger partial charge in [0.25, 0.3) is 5.91 Å². The van der Waals surface area contributed by atoms with Crippen LogP contribution in [-0.2, 0) is 11.3 Å². The molecule has 1 heterocycles. The standard InChI is InChI=1S/C19H21N3O2/c1-3-13-22-17-12-8-7-11-16(17)20-19(22)21-18(23)14(2)24-15-9-5-4-6-10-15/h4-12,14H,3,13H2,1-2H3,(H,20,21,23). The fourth-order valence-electron chi connectivity index (χ4n) is 2.59. The first kappa shape index (κ1) is 16.1. The Balaban J connectivity index is 1.78. The summed E-state index contributed by atoms with van der Waals surface area (Å²) in [5.74, 6) is 1.01. The van der Waals surface area contributed by atoms with E-state index in [2.05, 4.69) is 17.2 Å². The number of carbonyl (C=O) groups is 1. The van der Waals surface area contributed by atoms with E-state index in [1.807, 2.05) is 59.2 Å². The lowest BCUT2D eigenvalue weighted by Crippen LogP contribution is -2.31. The number of nitrogens with zero attached hydrogens (tertiary/aromatic N) is 2. The van der Waals surface area contributed by atoms with Crippen LogP contribution in [0.3, 0.4) is 0 Å². The molecule has 0 radical (unpaired) electrons. The Labute approximate surface area is 141 Å². The van der Waals surface area contributed by atoms with E-state index in [1.54, 1.807) is 6.92 Å². The summed E-state index contributed by atoms with van der Waals surface area (Å²) < 4.78 is 7.70. The third-order valence-electron chi connectivity index (χ3n) is 3.76. The number of hydrogen-bond donors (Lipinski definition) is 1. The molecule has 5 heteroatoms. The fraction of sp³-hybridized carbons (Fsp3) is 0.263. The molecule has 0 saturated heterocycles. The van der Waals surface area contributed by atoms with Gasteiger partial charge in [-0.2, -0.15) is 0 Å². The molecule has 0 aliphatic rings. The van der Waals surface area contributed by atoms with Gasteiger partial charge in [-0.25, -0.2) is 4.98 Å². The monoisotopic (exact) mass is 323 g/mol. The summed E-state index contributed by atoms with van der Waals surface area (Å²) in [7, 11) is 0. The Hall–Kier alpha value is -2.82. The van der Waals surface area contributed by atoms with Crippen LogP contribution in [0.25, 0.3) is 11.0 Å². The number of nitrogens with one attached hydrogen (secondary N) is 1. The first-order valence-electron chi connectivity index (χ1n) is 8.17. The number of fused-ring (bicyclic) bond motifs is 1. The minimum Gasteiger partial charge on any atom is -0.481 e. The summed E-state index contributed by atoms with van der Waals surface area (Å²) in [4.78, 5) is 17.0. The highest BCUT2D eigenvalue weighted by Crippen LogP contribution is 2.20. The minimum absolute atomic E-state index is 0.216. The maximum Gasteiger partial charge on any atom is 0.267 e. The third-order valence-corrected chi connectivity index (χ3v) is 3.76. The molecular weight excluding hydrogens is 302 g/mol. The molecule has 0 spiro atoms. The Morgan fingerprint density at radius 3 is 2.62 bits per heavy atom. The van der Waals surface area contributed by atoms with Gasteiger partial charge in [-0.05, 0) is 37.6 Å². The molecule has 0 aliphatic heterocycles. The van der Waals surface area contributed by atoms with Crippen LogP contribution < -0.4 is 10.1 Å². The molecule has 3 aromatic rings. The number of para-hydroxylation sites is 3. The van der Waals surface area contributed by atoms with Gasteiger partial charge in [0.2, 0.25) is 5.95 Å². The maximum atomic E-state index is 12.5. The van der Waals surface area contributed by atoms with E-state index < -0.39 is 6.10 Å². The third kappa shape index (κ3) is 3.40. The Kier molecular flexibility index (Phi) is 4.79. The first-order valence-corrected chi connectivity index (χ1v) is 8.17. The molecule has 5 nitrogen and oxygen atoms in total. The smallest absolute Gasteiger partial charge is 0.267 e. The van der Waals surface area contributed by atoms with Gasteiger partial charge < -0.3 is 9.30 Å². The molecule has 0 bridgehead atoms. The second-order valence-electron chi connectivity index (χ2n) is 5.64. The number of carbonyl (C=O) groups excluding carboxylic acids is 1. The van der Waals surface area contributed by atoms with E-state index in [9.17, 15) is 4.79 Å². The Morgan fingerprint density at radius 1 is 1.17 bits per heavy atom.